The quantitative estimate of drug-likeness (QED) is 0.887. The predicted molar refractivity (Wildman–Crippen MR) is 77.5 cm³/mol. The van der Waals surface area contributed by atoms with Crippen LogP contribution in [0.4, 0.5) is 4.39 Å². The summed E-state index contributed by atoms with van der Waals surface area (Å²) < 4.78 is 13.3. The zero-order chi connectivity index (χ0) is 14.0. The Hall–Kier alpha value is -0.930. The molecule has 1 heterocycles. The van der Waals surface area contributed by atoms with Crippen molar-refractivity contribution in [3.63, 3.8) is 0 Å². The molecule has 1 aliphatic heterocycles. The third kappa shape index (κ3) is 3.15. The first kappa shape index (κ1) is 14.5. The number of hydrogen-bond donors (Lipinski definition) is 1. The normalized spacial score (nSPS) is 25.6. The Labute approximate surface area is 115 Å². The Balaban J connectivity index is 2.40. The zero-order valence-electron chi connectivity index (χ0n) is 12.2. The molecule has 2 unspecified atom stereocenters. The van der Waals surface area contributed by atoms with E-state index in [9.17, 15) is 4.39 Å². The van der Waals surface area contributed by atoms with Crippen LogP contribution in [0.2, 0.25) is 0 Å². The first-order valence-electron chi connectivity index (χ1n) is 7.28. The summed E-state index contributed by atoms with van der Waals surface area (Å²) in [6, 6.07) is 5.88. The number of benzene rings is 1. The lowest BCUT2D eigenvalue weighted by atomic mass is 9.92. The van der Waals surface area contributed by atoms with E-state index >= 15 is 0 Å². The van der Waals surface area contributed by atoms with Crippen molar-refractivity contribution in [3.05, 3.63) is 35.1 Å². The van der Waals surface area contributed by atoms with Crippen LogP contribution in [-0.4, -0.2) is 23.5 Å². The molecule has 1 aliphatic rings. The molecule has 0 bridgehead atoms. The van der Waals surface area contributed by atoms with E-state index in [2.05, 4.69) is 18.7 Å². The molecule has 1 aromatic rings. The Morgan fingerprint density at radius 3 is 2.68 bits per heavy atom. The summed E-state index contributed by atoms with van der Waals surface area (Å²) in [6.45, 7) is 7.48. The van der Waals surface area contributed by atoms with Crippen LogP contribution < -0.4 is 5.73 Å². The van der Waals surface area contributed by atoms with E-state index in [1.807, 2.05) is 13.0 Å². The van der Waals surface area contributed by atoms with E-state index in [0.717, 1.165) is 18.5 Å². The lowest BCUT2D eigenvalue weighted by Gasteiger charge is -2.37. The highest BCUT2D eigenvalue weighted by Gasteiger charge is 2.31. The summed E-state index contributed by atoms with van der Waals surface area (Å²) >= 11 is 0. The average Bonchev–Trinajstić information content (AvgIpc) is 2.52. The van der Waals surface area contributed by atoms with E-state index in [1.54, 1.807) is 12.1 Å². The molecule has 106 valence electrons. The highest BCUT2D eigenvalue weighted by Crippen LogP contribution is 2.33. The summed E-state index contributed by atoms with van der Waals surface area (Å²) in [7, 11) is 0. The fraction of sp³-hybridized carbons (Fsp3) is 0.625. The molecule has 0 aromatic heterocycles. The fourth-order valence-corrected chi connectivity index (χ4v) is 3.18. The largest absolute Gasteiger partial charge is 0.326 e. The monoisotopic (exact) mass is 264 g/mol. The van der Waals surface area contributed by atoms with Crippen molar-refractivity contribution in [3.8, 4) is 0 Å². The molecule has 1 fully saturated rings. The van der Waals surface area contributed by atoms with Gasteiger partial charge in [-0.1, -0.05) is 12.5 Å². The van der Waals surface area contributed by atoms with E-state index < -0.39 is 0 Å². The fourth-order valence-electron chi connectivity index (χ4n) is 3.18. The van der Waals surface area contributed by atoms with Crippen LogP contribution in [0.5, 0.6) is 0 Å². The number of halogens is 1. The van der Waals surface area contributed by atoms with E-state index in [0.29, 0.717) is 6.04 Å². The lowest BCUT2D eigenvalue weighted by Crippen LogP contribution is -2.43. The zero-order valence-corrected chi connectivity index (χ0v) is 12.2. The number of aryl methyl sites for hydroxylation is 1. The van der Waals surface area contributed by atoms with Gasteiger partial charge in [-0.15, -0.1) is 0 Å². The maximum Gasteiger partial charge on any atom is 0.123 e. The Morgan fingerprint density at radius 2 is 2.05 bits per heavy atom. The second-order valence-electron chi connectivity index (χ2n) is 5.94. The van der Waals surface area contributed by atoms with Crippen LogP contribution in [0.1, 0.15) is 50.3 Å². The number of nitrogens with zero attached hydrogens (tertiary/aromatic N) is 1. The molecule has 0 spiro atoms. The van der Waals surface area contributed by atoms with Gasteiger partial charge in [0.2, 0.25) is 0 Å². The van der Waals surface area contributed by atoms with Crippen LogP contribution in [0, 0.1) is 12.7 Å². The molecule has 2 atom stereocenters. The topological polar surface area (TPSA) is 29.3 Å². The third-order valence-electron chi connectivity index (χ3n) is 4.18. The summed E-state index contributed by atoms with van der Waals surface area (Å²) in [6.07, 6.45) is 3.43. The maximum atomic E-state index is 13.3. The van der Waals surface area contributed by atoms with Gasteiger partial charge in [0, 0.05) is 12.1 Å². The van der Waals surface area contributed by atoms with Crippen molar-refractivity contribution < 1.29 is 4.39 Å². The first-order chi connectivity index (χ1) is 9.00. The minimum Gasteiger partial charge on any atom is -0.326 e. The van der Waals surface area contributed by atoms with E-state index in [4.69, 9.17) is 5.73 Å². The SMILES string of the molecule is Cc1cc(F)ccc1C1C(N)CCCCN1C(C)C. The molecule has 3 heteroatoms. The van der Waals surface area contributed by atoms with E-state index in [-0.39, 0.29) is 17.9 Å². The number of nitrogens with two attached hydrogens (primary N) is 1. The van der Waals surface area contributed by atoms with Crippen LogP contribution in [0.3, 0.4) is 0 Å². The predicted octanol–water partition coefficient (Wildman–Crippen LogP) is 3.40. The van der Waals surface area contributed by atoms with Crippen LogP contribution in [0.15, 0.2) is 18.2 Å². The summed E-state index contributed by atoms with van der Waals surface area (Å²) in [4.78, 5) is 2.47. The summed E-state index contributed by atoms with van der Waals surface area (Å²) in [5, 5.41) is 0. The number of likely N-dealkylation sites (tertiary alicyclic amines) is 1. The molecular formula is C16H25FN2. The minimum absolute atomic E-state index is 0.133. The van der Waals surface area contributed by atoms with Crippen molar-refractivity contribution in [2.45, 2.75) is 58.2 Å². The Morgan fingerprint density at radius 1 is 1.32 bits per heavy atom. The highest BCUT2D eigenvalue weighted by atomic mass is 19.1. The van der Waals surface area contributed by atoms with Crippen LogP contribution in [-0.2, 0) is 0 Å². The molecule has 19 heavy (non-hydrogen) atoms. The second-order valence-corrected chi connectivity index (χ2v) is 5.94. The highest BCUT2D eigenvalue weighted by molar-refractivity contribution is 5.31. The van der Waals surface area contributed by atoms with Crippen molar-refractivity contribution in [1.29, 1.82) is 0 Å². The molecule has 0 amide bonds. The summed E-state index contributed by atoms with van der Waals surface area (Å²) in [5.41, 5.74) is 8.60. The van der Waals surface area contributed by atoms with Crippen molar-refractivity contribution in [2.75, 3.05) is 6.54 Å². The lowest BCUT2D eigenvalue weighted by molar-refractivity contribution is 0.143. The van der Waals surface area contributed by atoms with Gasteiger partial charge >= 0.3 is 0 Å². The van der Waals surface area contributed by atoms with Gasteiger partial charge in [0.05, 0.1) is 6.04 Å². The molecule has 1 saturated heterocycles. The second kappa shape index (κ2) is 6.02. The van der Waals surface area contributed by atoms with Crippen molar-refractivity contribution in [2.24, 2.45) is 5.73 Å². The third-order valence-corrected chi connectivity index (χ3v) is 4.18. The van der Waals surface area contributed by atoms with Gasteiger partial charge in [0.25, 0.3) is 0 Å². The van der Waals surface area contributed by atoms with Gasteiger partial charge in [-0.2, -0.15) is 0 Å². The minimum atomic E-state index is -0.167. The molecule has 2 rings (SSSR count). The van der Waals surface area contributed by atoms with Crippen molar-refractivity contribution in [1.82, 2.24) is 4.90 Å². The van der Waals surface area contributed by atoms with Gasteiger partial charge in [0.15, 0.2) is 0 Å². The average molecular weight is 264 g/mol. The molecule has 0 aliphatic carbocycles. The van der Waals surface area contributed by atoms with E-state index in [1.165, 1.54) is 18.4 Å². The first-order valence-corrected chi connectivity index (χ1v) is 7.28. The Kier molecular flexibility index (Phi) is 4.58. The summed E-state index contributed by atoms with van der Waals surface area (Å²) in [5.74, 6) is -0.167. The Bertz CT molecular complexity index is 431. The van der Waals surface area contributed by atoms with Gasteiger partial charge in [-0.25, -0.2) is 4.39 Å². The molecular weight excluding hydrogens is 239 g/mol. The molecule has 1 aromatic carbocycles. The van der Waals surface area contributed by atoms with Gasteiger partial charge in [-0.3, -0.25) is 4.90 Å². The molecule has 2 N–H and O–H groups in total. The van der Waals surface area contributed by atoms with Crippen molar-refractivity contribution >= 4 is 0 Å². The number of hydrogen-bond acceptors (Lipinski definition) is 2. The van der Waals surface area contributed by atoms with Crippen LogP contribution >= 0.6 is 0 Å². The molecule has 0 saturated carbocycles. The standard InChI is InChI=1S/C16H25FN2/c1-11(2)19-9-5-4-6-15(18)16(19)14-8-7-13(17)10-12(14)3/h7-8,10-11,15-16H,4-6,9,18H2,1-3H3. The molecule has 2 nitrogen and oxygen atoms in total. The number of rotatable bonds is 2. The van der Waals surface area contributed by atoms with Gasteiger partial charge < -0.3 is 5.73 Å². The maximum absolute atomic E-state index is 13.3. The molecule has 0 radical (unpaired) electrons. The smallest absolute Gasteiger partial charge is 0.123 e. The van der Waals surface area contributed by atoms with Crippen LogP contribution in [0.25, 0.3) is 0 Å². The van der Waals surface area contributed by atoms with Gasteiger partial charge in [0.1, 0.15) is 5.82 Å². The van der Waals surface area contributed by atoms with Gasteiger partial charge in [-0.05, 0) is 63.4 Å².